The molecule has 0 aliphatic carbocycles. The number of hydrogen-bond donors (Lipinski definition) is 0. The van der Waals surface area contributed by atoms with Crippen LogP contribution in [-0.2, 0) is 0 Å². The molecule has 0 amide bonds. The Bertz CT molecular complexity index is 335. The summed E-state index contributed by atoms with van der Waals surface area (Å²) in [6, 6.07) is 0. The van der Waals surface area contributed by atoms with E-state index in [9.17, 15) is 0 Å². The van der Waals surface area contributed by atoms with Crippen LogP contribution < -0.4 is 0 Å². The normalized spacial score (nSPS) is 11.9. The van der Waals surface area contributed by atoms with Crippen LogP contribution in [0.2, 0.25) is 0 Å². The van der Waals surface area contributed by atoms with Crippen molar-refractivity contribution in [3.63, 3.8) is 0 Å². The molecule has 0 aromatic heterocycles. The number of hydrogen-bond acceptors (Lipinski definition) is 0. The van der Waals surface area contributed by atoms with Crippen molar-refractivity contribution in [2.45, 2.75) is 199 Å². The summed E-state index contributed by atoms with van der Waals surface area (Å²) in [5.41, 5.74) is 2.25. The zero-order valence-electron chi connectivity index (χ0n) is 26.9. The van der Waals surface area contributed by atoms with Gasteiger partial charge in [-0.2, -0.15) is 0 Å². The van der Waals surface area contributed by atoms with Crippen molar-refractivity contribution in [1.82, 2.24) is 0 Å². The Balaban J connectivity index is -0.000000192. The standard InChI is InChI=1S/C14H28.C8H18.C7H16.C5H12/c1-5-9-13(4)11-8-12-14(7-3)10-6-2;1-3-5-7-8-6-4-2;1-5-7(3,4)6-2;1-3-5-4-2/h10,13H,5-9,11-12H2,1-4H3;3-8H2,1-2H3;5-6H2,1-4H3;3-5H2,1-2H3/b14-10-;;;. The summed E-state index contributed by atoms with van der Waals surface area (Å²) in [6.07, 6.45) is 26.9. The first kappa shape index (κ1) is 40.9. The van der Waals surface area contributed by atoms with Crippen LogP contribution in [-0.4, -0.2) is 0 Å². The molecule has 0 aliphatic rings. The highest BCUT2D eigenvalue weighted by atomic mass is 14.2. The molecule has 0 nitrogen and oxygen atoms in total. The van der Waals surface area contributed by atoms with Crippen LogP contribution in [0.5, 0.6) is 0 Å². The lowest BCUT2D eigenvalue weighted by atomic mass is 9.88. The van der Waals surface area contributed by atoms with Gasteiger partial charge in [0.2, 0.25) is 0 Å². The first-order chi connectivity index (χ1) is 16.2. The largest absolute Gasteiger partial charge is 0.0856 e. The molecular formula is C34H74. The smallest absolute Gasteiger partial charge is 0.0320 e. The van der Waals surface area contributed by atoms with Gasteiger partial charge in [0, 0.05) is 0 Å². The fourth-order valence-corrected chi connectivity index (χ4v) is 3.48. The Labute approximate surface area is 221 Å². The van der Waals surface area contributed by atoms with E-state index in [0.717, 1.165) is 5.92 Å². The van der Waals surface area contributed by atoms with E-state index in [1.807, 2.05) is 0 Å². The summed E-state index contributed by atoms with van der Waals surface area (Å²) < 4.78 is 0. The molecule has 34 heavy (non-hydrogen) atoms. The summed E-state index contributed by atoms with van der Waals surface area (Å²) in [7, 11) is 0. The molecule has 0 heteroatoms. The summed E-state index contributed by atoms with van der Waals surface area (Å²) in [5.74, 6) is 0.930. The van der Waals surface area contributed by atoms with Gasteiger partial charge >= 0.3 is 0 Å². The van der Waals surface area contributed by atoms with Crippen LogP contribution in [0.15, 0.2) is 11.6 Å². The minimum atomic E-state index is 0.583. The van der Waals surface area contributed by atoms with Gasteiger partial charge in [-0.15, -0.1) is 0 Å². The maximum atomic E-state index is 2.41. The highest BCUT2D eigenvalue weighted by Crippen LogP contribution is 2.22. The van der Waals surface area contributed by atoms with E-state index in [1.165, 1.54) is 116 Å². The molecule has 210 valence electrons. The van der Waals surface area contributed by atoms with Crippen molar-refractivity contribution in [2.75, 3.05) is 0 Å². The third kappa shape index (κ3) is 41.9. The highest BCUT2D eigenvalue weighted by Gasteiger charge is 2.09. The van der Waals surface area contributed by atoms with Crippen LogP contribution in [0.4, 0.5) is 0 Å². The molecule has 0 aliphatic heterocycles. The molecule has 0 spiro atoms. The van der Waals surface area contributed by atoms with E-state index in [2.05, 4.69) is 89.2 Å². The van der Waals surface area contributed by atoms with E-state index in [1.54, 1.807) is 5.57 Å². The van der Waals surface area contributed by atoms with Crippen LogP contribution in [0.3, 0.4) is 0 Å². The van der Waals surface area contributed by atoms with E-state index in [4.69, 9.17) is 0 Å². The van der Waals surface area contributed by atoms with E-state index in [0.29, 0.717) is 5.41 Å². The van der Waals surface area contributed by atoms with Gasteiger partial charge in [-0.1, -0.05) is 185 Å². The van der Waals surface area contributed by atoms with Crippen molar-refractivity contribution in [3.8, 4) is 0 Å². The van der Waals surface area contributed by atoms with Crippen molar-refractivity contribution in [3.05, 3.63) is 11.6 Å². The monoisotopic (exact) mass is 483 g/mol. The van der Waals surface area contributed by atoms with E-state index >= 15 is 0 Å². The quantitative estimate of drug-likeness (QED) is 0.143. The van der Waals surface area contributed by atoms with Crippen molar-refractivity contribution < 1.29 is 0 Å². The Morgan fingerprint density at radius 3 is 1.32 bits per heavy atom. The lowest BCUT2D eigenvalue weighted by molar-refractivity contribution is 0.338. The molecule has 0 saturated carbocycles. The topological polar surface area (TPSA) is 0 Å². The maximum Gasteiger partial charge on any atom is -0.0320 e. The van der Waals surface area contributed by atoms with Gasteiger partial charge in [-0.3, -0.25) is 0 Å². The predicted molar refractivity (Wildman–Crippen MR) is 165 cm³/mol. The maximum absolute atomic E-state index is 2.41. The zero-order valence-corrected chi connectivity index (χ0v) is 26.9. The third-order valence-electron chi connectivity index (χ3n) is 7.00. The highest BCUT2D eigenvalue weighted by molar-refractivity contribution is 5.00. The lowest BCUT2D eigenvalue weighted by Gasteiger charge is -2.18. The minimum Gasteiger partial charge on any atom is -0.0856 e. The molecule has 0 aromatic carbocycles. The molecule has 0 radical (unpaired) electrons. The summed E-state index contributed by atoms with van der Waals surface area (Å²) in [5, 5.41) is 0. The van der Waals surface area contributed by atoms with Gasteiger partial charge in [-0.05, 0) is 37.0 Å². The van der Waals surface area contributed by atoms with Crippen LogP contribution in [0.1, 0.15) is 199 Å². The fourth-order valence-electron chi connectivity index (χ4n) is 3.48. The fraction of sp³-hybridized carbons (Fsp3) is 0.941. The van der Waals surface area contributed by atoms with Gasteiger partial charge in [0.15, 0.2) is 0 Å². The first-order valence-corrected chi connectivity index (χ1v) is 15.9. The van der Waals surface area contributed by atoms with Crippen LogP contribution in [0.25, 0.3) is 0 Å². The Hall–Kier alpha value is -0.260. The zero-order chi connectivity index (χ0) is 27.1. The SMILES string of the molecule is CC/C=C(/CC)CCCC(C)CCC.CCC(C)(C)CC.CCCCC.CCCCCCCC. The minimum absolute atomic E-state index is 0.583. The lowest BCUT2D eigenvalue weighted by Crippen LogP contribution is -2.05. The molecule has 0 rings (SSSR count). The number of rotatable bonds is 17. The molecule has 0 N–H and O–H groups in total. The average molecular weight is 483 g/mol. The van der Waals surface area contributed by atoms with Gasteiger partial charge in [0.05, 0.1) is 0 Å². The summed E-state index contributed by atoms with van der Waals surface area (Å²) in [6.45, 7) is 27.2. The van der Waals surface area contributed by atoms with Crippen LogP contribution in [0, 0.1) is 11.3 Å². The molecule has 1 unspecified atom stereocenters. The molecular weight excluding hydrogens is 408 g/mol. The molecule has 0 saturated heterocycles. The Morgan fingerprint density at radius 1 is 0.588 bits per heavy atom. The molecule has 0 fully saturated rings. The third-order valence-corrected chi connectivity index (χ3v) is 7.00. The first-order valence-electron chi connectivity index (χ1n) is 15.9. The predicted octanol–water partition coefficient (Wildman–Crippen LogP) is 13.7. The van der Waals surface area contributed by atoms with Crippen molar-refractivity contribution >= 4 is 0 Å². The Kier molecular flexibility index (Phi) is 42.0. The molecule has 1 atom stereocenters. The van der Waals surface area contributed by atoms with E-state index in [-0.39, 0.29) is 0 Å². The van der Waals surface area contributed by atoms with Gasteiger partial charge in [0.25, 0.3) is 0 Å². The van der Waals surface area contributed by atoms with Crippen molar-refractivity contribution in [2.24, 2.45) is 11.3 Å². The van der Waals surface area contributed by atoms with Crippen molar-refractivity contribution in [1.29, 1.82) is 0 Å². The van der Waals surface area contributed by atoms with Gasteiger partial charge < -0.3 is 0 Å². The van der Waals surface area contributed by atoms with Gasteiger partial charge in [-0.25, -0.2) is 0 Å². The van der Waals surface area contributed by atoms with Gasteiger partial charge in [0.1, 0.15) is 0 Å². The summed E-state index contributed by atoms with van der Waals surface area (Å²) in [4.78, 5) is 0. The molecule has 0 heterocycles. The second-order valence-electron chi connectivity index (χ2n) is 11.0. The summed E-state index contributed by atoms with van der Waals surface area (Å²) >= 11 is 0. The number of allylic oxidation sites excluding steroid dienone is 2. The molecule has 0 bridgehead atoms. The van der Waals surface area contributed by atoms with E-state index < -0.39 is 0 Å². The Morgan fingerprint density at radius 2 is 1.06 bits per heavy atom. The molecule has 0 aromatic rings. The van der Waals surface area contributed by atoms with Crippen LogP contribution >= 0.6 is 0 Å². The number of unbranched alkanes of at least 4 members (excludes halogenated alkanes) is 7. The second-order valence-corrected chi connectivity index (χ2v) is 11.0. The second kappa shape index (κ2) is 34.9. The average Bonchev–Trinajstić information content (AvgIpc) is 2.83.